The van der Waals surface area contributed by atoms with Gasteiger partial charge in [-0.3, -0.25) is 9.78 Å². The fraction of sp³-hybridized carbons (Fsp3) is 0.200. The Morgan fingerprint density at radius 2 is 1.79 bits per heavy atom. The van der Waals surface area contributed by atoms with Gasteiger partial charge in [-0.2, -0.15) is 0 Å². The number of hydrogen-bond acceptors (Lipinski definition) is 3. The summed E-state index contributed by atoms with van der Waals surface area (Å²) in [4.78, 5) is 17.3. The van der Waals surface area contributed by atoms with Gasteiger partial charge >= 0.3 is 0 Å². The second-order valence-electron chi connectivity index (χ2n) is 5.63. The van der Waals surface area contributed by atoms with Gasteiger partial charge in [-0.05, 0) is 56.7 Å². The van der Waals surface area contributed by atoms with E-state index >= 15 is 0 Å². The molecule has 4 nitrogen and oxygen atoms in total. The Balaban J connectivity index is 1.91. The third-order valence-electron chi connectivity index (χ3n) is 3.98. The van der Waals surface area contributed by atoms with Crippen molar-refractivity contribution in [1.29, 1.82) is 0 Å². The molecule has 4 heteroatoms. The Morgan fingerprint density at radius 3 is 2.50 bits per heavy atom. The molecule has 24 heavy (non-hydrogen) atoms. The summed E-state index contributed by atoms with van der Waals surface area (Å²) in [6.45, 7) is 6.39. The third kappa shape index (κ3) is 3.08. The summed E-state index contributed by atoms with van der Waals surface area (Å²) in [6, 6.07) is 15.2. The van der Waals surface area contributed by atoms with E-state index in [0.29, 0.717) is 12.2 Å². The molecule has 0 radical (unpaired) electrons. The number of carbonyl (C=O) groups is 1. The van der Waals surface area contributed by atoms with Crippen molar-refractivity contribution < 1.29 is 9.53 Å². The topological polar surface area (TPSA) is 51.2 Å². The predicted octanol–water partition coefficient (Wildman–Crippen LogP) is 4.50. The Hall–Kier alpha value is -2.88. The number of fused-ring (bicyclic) bond motifs is 1. The van der Waals surface area contributed by atoms with E-state index in [1.165, 1.54) is 0 Å². The van der Waals surface area contributed by atoms with Crippen molar-refractivity contribution >= 4 is 22.5 Å². The van der Waals surface area contributed by atoms with Crippen molar-refractivity contribution in [3.63, 3.8) is 0 Å². The van der Waals surface area contributed by atoms with Crippen LogP contribution < -0.4 is 10.1 Å². The number of ether oxygens (including phenoxy) is 1. The van der Waals surface area contributed by atoms with Crippen LogP contribution in [0.15, 0.2) is 48.5 Å². The molecule has 0 aliphatic heterocycles. The van der Waals surface area contributed by atoms with Crippen LogP contribution >= 0.6 is 0 Å². The van der Waals surface area contributed by atoms with Gasteiger partial charge in [0.2, 0.25) is 0 Å². The van der Waals surface area contributed by atoms with Crippen LogP contribution in [0.25, 0.3) is 10.9 Å². The first-order chi connectivity index (χ1) is 11.6. The highest BCUT2D eigenvalue weighted by Crippen LogP contribution is 2.24. The Morgan fingerprint density at radius 1 is 1.08 bits per heavy atom. The molecular weight excluding hydrogens is 300 g/mol. The van der Waals surface area contributed by atoms with Gasteiger partial charge in [0.1, 0.15) is 5.75 Å². The molecule has 0 aliphatic rings. The van der Waals surface area contributed by atoms with Crippen molar-refractivity contribution in [3.05, 3.63) is 65.4 Å². The summed E-state index contributed by atoms with van der Waals surface area (Å²) in [5.74, 6) is 0.641. The number of aryl methyl sites for hydroxylation is 2. The van der Waals surface area contributed by atoms with E-state index in [0.717, 1.165) is 33.6 Å². The Labute approximate surface area is 141 Å². The van der Waals surface area contributed by atoms with Crippen LogP contribution in [0, 0.1) is 13.8 Å². The minimum atomic E-state index is -0.146. The second-order valence-corrected chi connectivity index (χ2v) is 5.63. The van der Waals surface area contributed by atoms with Gasteiger partial charge < -0.3 is 10.1 Å². The van der Waals surface area contributed by atoms with Crippen LogP contribution in [0.3, 0.4) is 0 Å². The fourth-order valence-corrected chi connectivity index (χ4v) is 2.86. The lowest BCUT2D eigenvalue weighted by atomic mass is 10.0. The summed E-state index contributed by atoms with van der Waals surface area (Å²) >= 11 is 0. The molecule has 3 rings (SSSR count). The lowest BCUT2D eigenvalue weighted by Gasteiger charge is -2.13. The van der Waals surface area contributed by atoms with Gasteiger partial charge in [0, 0.05) is 11.1 Å². The molecule has 0 bridgehead atoms. The molecule has 0 saturated heterocycles. The van der Waals surface area contributed by atoms with E-state index in [2.05, 4.69) is 10.3 Å². The number of pyridine rings is 1. The zero-order chi connectivity index (χ0) is 17.1. The number of nitrogens with one attached hydrogen (secondary N) is 1. The molecule has 0 unspecified atom stereocenters. The average molecular weight is 320 g/mol. The number of aromatic nitrogens is 1. The van der Waals surface area contributed by atoms with Gasteiger partial charge in [-0.25, -0.2) is 0 Å². The molecule has 2 aromatic carbocycles. The van der Waals surface area contributed by atoms with Crippen molar-refractivity contribution in [2.45, 2.75) is 20.8 Å². The molecule has 1 amide bonds. The van der Waals surface area contributed by atoms with Gasteiger partial charge in [0.25, 0.3) is 5.91 Å². The summed E-state index contributed by atoms with van der Waals surface area (Å²) in [5, 5.41) is 3.94. The van der Waals surface area contributed by atoms with E-state index in [1.807, 2.05) is 69.3 Å². The number of rotatable bonds is 4. The first kappa shape index (κ1) is 16.0. The first-order valence-electron chi connectivity index (χ1n) is 8.00. The van der Waals surface area contributed by atoms with E-state index in [9.17, 15) is 4.79 Å². The van der Waals surface area contributed by atoms with Crippen molar-refractivity contribution in [2.75, 3.05) is 11.9 Å². The minimum absolute atomic E-state index is 0.146. The van der Waals surface area contributed by atoms with Crippen molar-refractivity contribution in [3.8, 4) is 5.75 Å². The summed E-state index contributed by atoms with van der Waals surface area (Å²) < 4.78 is 5.41. The van der Waals surface area contributed by atoms with E-state index < -0.39 is 0 Å². The number of benzene rings is 2. The van der Waals surface area contributed by atoms with Gasteiger partial charge in [-0.1, -0.05) is 18.2 Å². The Bertz CT molecular complexity index is 886. The number of anilines is 1. The Kier molecular flexibility index (Phi) is 4.47. The molecule has 1 N–H and O–H groups in total. The first-order valence-corrected chi connectivity index (χ1v) is 8.00. The van der Waals surface area contributed by atoms with Gasteiger partial charge in [0.05, 0.1) is 23.4 Å². The highest BCUT2D eigenvalue weighted by molar-refractivity contribution is 6.08. The van der Waals surface area contributed by atoms with Crippen molar-refractivity contribution in [2.24, 2.45) is 0 Å². The highest BCUT2D eigenvalue weighted by atomic mass is 16.5. The van der Waals surface area contributed by atoms with Crippen LogP contribution in [0.4, 0.5) is 5.69 Å². The molecule has 0 fully saturated rings. The second kappa shape index (κ2) is 6.71. The third-order valence-corrected chi connectivity index (χ3v) is 3.98. The SMILES string of the molecule is CCOc1ccc(NC(=O)c2c(C)nc3ccccc3c2C)cc1. The number of amides is 1. The zero-order valence-electron chi connectivity index (χ0n) is 14.1. The summed E-state index contributed by atoms with van der Waals surface area (Å²) in [7, 11) is 0. The summed E-state index contributed by atoms with van der Waals surface area (Å²) in [6.07, 6.45) is 0. The van der Waals surface area contributed by atoms with Gasteiger partial charge in [-0.15, -0.1) is 0 Å². The molecule has 1 aromatic heterocycles. The lowest BCUT2D eigenvalue weighted by Crippen LogP contribution is -2.16. The molecule has 0 aliphatic carbocycles. The molecule has 122 valence electrons. The van der Waals surface area contributed by atoms with Crippen LogP contribution in [-0.4, -0.2) is 17.5 Å². The maximum absolute atomic E-state index is 12.7. The smallest absolute Gasteiger partial charge is 0.257 e. The zero-order valence-corrected chi connectivity index (χ0v) is 14.1. The molecular formula is C20H20N2O2. The van der Waals surface area contributed by atoms with E-state index in [1.54, 1.807) is 0 Å². The predicted molar refractivity (Wildman–Crippen MR) is 96.8 cm³/mol. The lowest BCUT2D eigenvalue weighted by molar-refractivity contribution is 0.102. The monoisotopic (exact) mass is 320 g/mol. The normalized spacial score (nSPS) is 10.6. The number of para-hydroxylation sites is 1. The quantitative estimate of drug-likeness (QED) is 0.770. The minimum Gasteiger partial charge on any atom is -0.494 e. The highest BCUT2D eigenvalue weighted by Gasteiger charge is 2.16. The standard InChI is InChI=1S/C20H20N2O2/c1-4-24-16-11-9-15(10-12-16)22-20(23)19-13(2)17-7-5-6-8-18(17)21-14(19)3/h5-12H,4H2,1-3H3,(H,22,23). The van der Waals surface area contributed by atoms with E-state index in [4.69, 9.17) is 4.74 Å². The molecule has 3 aromatic rings. The van der Waals surface area contributed by atoms with Gasteiger partial charge in [0.15, 0.2) is 0 Å². The number of nitrogens with zero attached hydrogens (tertiary/aromatic N) is 1. The molecule has 0 atom stereocenters. The van der Waals surface area contributed by atoms with Crippen LogP contribution in [0.1, 0.15) is 28.5 Å². The molecule has 0 saturated carbocycles. The van der Waals surface area contributed by atoms with Crippen molar-refractivity contribution in [1.82, 2.24) is 4.98 Å². The average Bonchev–Trinajstić information content (AvgIpc) is 2.57. The molecule has 0 spiro atoms. The number of hydrogen-bond donors (Lipinski definition) is 1. The fourth-order valence-electron chi connectivity index (χ4n) is 2.86. The maximum Gasteiger partial charge on any atom is 0.257 e. The largest absolute Gasteiger partial charge is 0.494 e. The van der Waals surface area contributed by atoms with Crippen LogP contribution in [0.5, 0.6) is 5.75 Å². The van der Waals surface area contributed by atoms with Crippen LogP contribution in [-0.2, 0) is 0 Å². The molecule has 1 heterocycles. The van der Waals surface area contributed by atoms with E-state index in [-0.39, 0.29) is 5.91 Å². The van der Waals surface area contributed by atoms with Crippen LogP contribution in [0.2, 0.25) is 0 Å². The number of carbonyl (C=O) groups excluding carboxylic acids is 1. The maximum atomic E-state index is 12.7. The summed E-state index contributed by atoms with van der Waals surface area (Å²) in [5.41, 5.74) is 3.94.